The summed E-state index contributed by atoms with van der Waals surface area (Å²) in [6, 6.07) is 7.75. The molecule has 2 amide bonds. The number of nitrogens with zero attached hydrogens (tertiary/aromatic N) is 7. The number of hydrogen-bond donors (Lipinski definition) is 2. The number of alkyl carbamates (subject to hydrolysis) is 1. The number of anilines is 1. The molecule has 3 aliphatic rings. The smallest absolute Gasteiger partial charge is 0.408 e. The average Bonchev–Trinajstić information content (AvgIpc) is 3.79. The van der Waals surface area contributed by atoms with Crippen LogP contribution in [0.15, 0.2) is 35.8 Å². The number of fused-ring (bicyclic) bond motifs is 6. The molecule has 3 aromatic heterocycles. The van der Waals surface area contributed by atoms with Crippen LogP contribution in [-0.2, 0) is 38.5 Å². The van der Waals surface area contributed by atoms with Crippen LogP contribution in [0.4, 0.5) is 10.5 Å². The highest BCUT2D eigenvalue weighted by molar-refractivity contribution is 7.10. The van der Waals surface area contributed by atoms with Crippen LogP contribution < -0.4 is 15.6 Å². The van der Waals surface area contributed by atoms with Gasteiger partial charge in [0.1, 0.15) is 11.6 Å². The van der Waals surface area contributed by atoms with E-state index in [4.69, 9.17) is 24.3 Å². The molecule has 59 heavy (non-hydrogen) atoms. The molecular formula is C43H60N9O6S+. The SMILES string of the molecule is CCn1c(-c2cc(N3CCN(C)CC3)cnc2[C@H](C)OC)c2c3cc(ccc31)-c1csc(n1)C[C@H](NC(=O)OC(C)(C)C)C(=O)N1CCC[C@H](N1)[N+](=O)OCC(C)(C)C2. The summed E-state index contributed by atoms with van der Waals surface area (Å²) < 4.78 is 13.9. The summed E-state index contributed by atoms with van der Waals surface area (Å²) in [6.45, 7) is 18.7. The average molecular weight is 831 g/mol. The van der Waals surface area contributed by atoms with Crippen LogP contribution in [0, 0.1) is 10.3 Å². The van der Waals surface area contributed by atoms with Gasteiger partial charge in [0, 0.05) is 92.0 Å². The van der Waals surface area contributed by atoms with Crippen LogP contribution in [0.1, 0.15) is 83.7 Å². The van der Waals surface area contributed by atoms with Crippen molar-refractivity contribution in [1.82, 2.24) is 35.2 Å². The Balaban J connectivity index is 1.37. The minimum Gasteiger partial charge on any atom is -0.444 e. The third-order valence-corrected chi connectivity index (χ3v) is 12.3. The van der Waals surface area contributed by atoms with Crippen LogP contribution in [0.3, 0.4) is 0 Å². The molecule has 318 valence electrons. The minimum absolute atomic E-state index is 0.125. The Morgan fingerprint density at radius 2 is 1.93 bits per heavy atom. The number of nitrogens with one attached hydrogen (secondary N) is 2. The van der Waals surface area contributed by atoms with E-state index in [-0.39, 0.29) is 25.0 Å². The van der Waals surface area contributed by atoms with Gasteiger partial charge in [-0.2, -0.15) is 5.43 Å². The Hall–Kier alpha value is -4.64. The molecule has 7 rings (SSSR count). The Bertz CT molecular complexity index is 2190. The van der Waals surface area contributed by atoms with Crippen molar-refractivity contribution >= 4 is 39.9 Å². The Kier molecular flexibility index (Phi) is 12.3. The van der Waals surface area contributed by atoms with Gasteiger partial charge < -0.3 is 29.2 Å². The monoisotopic (exact) mass is 830 g/mol. The second-order valence-electron chi connectivity index (χ2n) is 17.8. The highest BCUT2D eigenvalue weighted by Gasteiger charge is 2.40. The van der Waals surface area contributed by atoms with Gasteiger partial charge in [-0.15, -0.1) is 11.3 Å². The van der Waals surface area contributed by atoms with Crippen LogP contribution in [0.2, 0.25) is 0 Å². The second-order valence-corrected chi connectivity index (χ2v) is 18.7. The number of ether oxygens (including phenoxy) is 2. The molecule has 2 N–H and O–H groups in total. The largest absolute Gasteiger partial charge is 0.444 e. The first-order valence-corrected chi connectivity index (χ1v) is 21.6. The molecule has 6 bridgehead atoms. The minimum atomic E-state index is -0.997. The zero-order valence-electron chi connectivity index (χ0n) is 36.0. The van der Waals surface area contributed by atoms with Crippen LogP contribution in [-0.4, -0.2) is 113 Å². The number of carbonyl (C=O) groups is 2. The molecule has 0 aliphatic carbocycles. The molecule has 6 heterocycles. The second kappa shape index (κ2) is 17.1. The highest BCUT2D eigenvalue weighted by Crippen LogP contribution is 2.43. The third-order valence-electron chi connectivity index (χ3n) is 11.4. The van der Waals surface area contributed by atoms with Crippen molar-refractivity contribution in [3.05, 3.63) is 57.0 Å². The van der Waals surface area contributed by atoms with E-state index in [9.17, 15) is 14.5 Å². The van der Waals surface area contributed by atoms with Crippen molar-refractivity contribution in [1.29, 1.82) is 0 Å². The van der Waals surface area contributed by atoms with E-state index >= 15 is 0 Å². The summed E-state index contributed by atoms with van der Waals surface area (Å²) in [5.41, 5.74) is 9.76. The van der Waals surface area contributed by atoms with Gasteiger partial charge in [0.25, 0.3) is 5.91 Å². The number of hydrogen-bond acceptors (Lipinski definition) is 12. The van der Waals surface area contributed by atoms with Crippen molar-refractivity contribution in [3.63, 3.8) is 0 Å². The van der Waals surface area contributed by atoms with Crippen molar-refractivity contribution < 1.29 is 28.8 Å². The number of carbonyl (C=O) groups excluding carboxylic acids is 2. The summed E-state index contributed by atoms with van der Waals surface area (Å²) in [6.07, 6.45) is 1.97. The summed E-state index contributed by atoms with van der Waals surface area (Å²) in [7, 11) is 3.88. The number of thiazole rings is 1. The van der Waals surface area contributed by atoms with Gasteiger partial charge in [0.15, 0.2) is 6.61 Å². The number of hydrazine groups is 1. The first-order chi connectivity index (χ1) is 28.0. The van der Waals surface area contributed by atoms with E-state index in [2.05, 4.69) is 77.2 Å². The van der Waals surface area contributed by atoms with Crippen molar-refractivity contribution in [3.8, 4) is 22.5 Å². The lowest BCUT2D eigenvalue weighted by atomic mass is 9.84. The Morgan fingerprint density at radius 1 is 1.17 bits per heavy atom. The number of rotatable bonds is 6. The maximum absolute atomic E-state index is 14.1. The summed E-state index contributed by atoms with van der Waals surface area (Å²) in [5.74, 6) is -0.389. The van der Waals surface area contributed by atoms with Gasteiger partial charge in [-0.05, 0) is 78.3 Å². The standard InChI is InChI=1S/C43H59N9O6S/c1-10-50-35-14-13-28-20-30(35)32(39(50)31-21-29(24-44-38(31)27(2)56-9)49-18-16-48(8)17-19-49)23-43(6,7)26-57-52(55)36-12-11-15-51(47-36)40(53)33(22-37-45-34(28)25-59-37)46-41(54)58-42(3,4)5/h13-14,20-21,24-25,27,33,36,47H,10-12,15-19,22-23,26H2,1-9H3/p+1/t27-,33-,36+/m0/s1. The molecule has 3 aliphatic heterocycles. The van der Waals surface area contributed by atoms with Crippen LogP contribution in [0.5, 0.6) is 0 Å². The number of aromatic nitrogens is 3. The number of aryl methyl sites for hydroxylation is 1. The van der Waals surface area contributed by atoms with E-state index < -0.39 is 29.3 Å². The fourth-order valence-corrected chi connectivity index (χ4v) is 9.06. The zero-order valence-corrected chi connectivity index (χ0v) is 36.8. The lowest BCUT2D eigenvalue weighted by Crippen LogP contribution is -2.60. The normalized spacial score (nSPS) is 21.2. The lowest BCUT2D eigenvalue weighted by molar-refractivity contribution is -0.835. The highest BCUT2D eigenvalue weighted by atomic mass is 32.1. The van der Waals surface area contributed by atoms with E-state index in [1.165, 1.54) is 16.3 Å². The van der Waals surface area contributed by atoms with Gasteiger partial charge in [0.2, 0.25) is 4.92 Å². The summed E-state index contributed by atoms with van der Waals surface area (Å²) in [4.78, 5) is 62.4. The zero-order chi connectivity index (χ0) is 42.2. The fraction of sp³-hybridized carbons (Fsp3) is 0.581. The molecule has 1 aromatic carbocycles. The maximum atomic E-state index is 14.1. The Labute approximate surface area is 350 Å². The topological polar surface area (TPSA) is 146 Å². The summed E-state index contributed by atoms with van der Waals surface area (Å²) in [5, 5.41) is 7.96. The molecule has 2 saturated heterocycles. The van der Waals surface area contributed by atoms with Gasteiger partial charge in [-0.3, -0.25) is 14.8 Å². The lowest BCUT2D eigenvalue weighted by Gasteiger charge is -2.34. The first kappa shape index (κ1) is 42.5. The van der Waals surface area contributed by atoms with E-state index in [1.807, 2.05) is 18.5 Å². The van der Waals surface area contributed by atoms with Gasteiger partial charge >= 0.3 is 12.3 Å². The van der Waals surface area contributed by atoms with Crippen LogP contribution >= 0.6 is 11.3 Å². The number of likely N-dealkylation sites (N-methyl/N-ethyl adjacent to an activating group) is 1. The van der Waals surface area contributed by atoms with Gasteiger partial charge in [-0.25, -0.2) is 14.6 Å². The molecule has 4 aromatic rings. The first-order valence-electron chi connectivity index (χ1n) is 20.8. The fourth-order valence-electron chi connectivity index (χ4n) is 8.21. The molecular weight excluding hydrogens is 771 g/mol. The molecule has 3 atom stereocenters. The molecule has 0 radical (unpaired) electrons. The number of amides is 2. The van der Waals surface area contributed by atoms with E-state index in [0.29, 0.717) is 42.3 Å². The molecule has 16 heteroatoms. The van der Waals surface area contributed by atoms with E-state index in [0.717, 1.165) is 76.5 Å². The molecule has 2 fully saturated rings. The van der Waals surface area contributed by atoms with Crippen molar-refractivity contribution in [2.45, 2.75) is 105 Å². The number of benzene rings is 1. The van der Waals surface area contributed by atoms with Crippen molar-refractivity contribution in [2.24, 2.45) is 5.41 Å². The molecule has 0 spiro atoms. The number of methoxy groups -OCH3 is 1. The number of piperazine rings is 1. The van der Waals surface area contributed by atoms with Crippen molar-refractivity contribution in [2.75, 3.05) is 58.4 Å². The van der Waals surface area contributed by atoms with Gasteiger partial charge in [-0.1, -0.05) is 19.9 Å². The summed E-state index contributed by atoms with van der Waals surface area (Å²) >= 11 is 1.44. The third kappa shape index (κ3) is 9.40. The van der Waals surface area contributed by atoms with Crippen LogP contribution in [0.25, 0.3) is 33.4 Å². The van der Waals surface area contributed by atoms with Gasteiger partial charge in [0.05, 0.1) is 45.0 Å². The predicted molar refractivity (Wildman–Crippen MR) is 229 cm³/mol. The number of pyridine rings is 1. The molecule has 0 unspecified atom stereocenters. The van der Waals surface area contributed by atoms with E-state index in [1.54, 1.807) is 27.9 Å². The quantitative estimate of drug-likeness (QED) is 0.220. The Morgan fingerprint density at radius 3 is 2.64 bits per heavy atom. The maximum Gasteiger partial charge on any atom is 0.408 e. The molecule has 15 nitrogen and oxygen atoms in total. The predicted octanol–water partition coefficient (Wildman–Crippen LogP) is 6.49. The molecule has 0 saturated carbocycles.